The molecule has 0 radical (unpaired) electrons. The maximum Gasteiger partial charge on any atom is 0.306 e. The zero-order valence-corrected chi connectivity index (χ0v) is 29.7. The summed E-state index contributed by atoms with van der Waals surface area (Å²) in [6.07, 6.45) is -0.608. The fourth-order valence-electron chi connectivity index (χ4n) is 3.46. The molecule has 0 amide bonds. The monoisotopic (exact) mass is 738 g/mol. The summed E-state index contributed by atoms with van der Waals surface area (Å²) in [5, 5.41) is 0. The van der Waals surface area contributed by atoms with Crippen molar-refractivity contribution >= 4 is 112 Å². The van der Waals surface area contributed by atoms with E-state index in [2.05, 4.69) is 75.8 Å². The summed E-state index contributed by atoms with van der Waals surface area (Å²) in [4.78, 5) is 75.4. The molecule has 18 heteroatoms. The van der Waals surface area contributed by atoms with E-state index in [0.717, 1.165) is 0 Å². The molecule has 254 valence electrons. The number of rotatable bonds is 25. The molecule has 0 aromatic rings. The van der Waals surface area contributed by atoms with Crippen LogP contribution in [0.4, 0.5) is 0 Å². The number of carbonyl (C=O) groups excluding carboxylic acids is 6. The van der Waals surface area contributed by atoms with Crippen LogP contribution in [0.1, 0.15) is 38.5 Å². The van der Waals surface area contributed by atoms with Crippen LogP contribution in [0, 0.1) is 10.8 Å². The standard InChI is InChI=1S/C26H42O12S6/c27-19(1-7-39)33-13-25(14-34-20(28)2-8-40,15-35-21(29)3-9-41)26(16-36-22(30)4-10-42,17-37-23(31)5-11-43)18-38-24(32)6-12-44/h39-44H,1-18H2. The normalized spacial score (nSPS) is 11.3. The van der Waals surface area contributed by atoms with Gasteiger partial charge in [0.1, 0.15) is 39.6 Å². The Kier molecular flexibility index (Phi) is 24.4. The molecule has 0 unspecified atom stereocenters. The number of carbonyl (C=O) groups is 6. The van der Waals surface area contributed by atoms with Crippen LogP contribution in [-0.2, 0) is 57.2 Å². The zero-order chi connectivity index (χ0) is 33.4. The molecule has 0 heterocycles. The van der Waals surface area contributed by atoms with Crippen LogP contribution in [0.2, 0.25) is 0 Å². The number of esters is 6. The van der Waals surface area contributed by atoms with Gasteiger partial charge in [-0.25, -0.2) is 0 Å². The van der Waals surface area contributed by atoms with Crippen molar-refractivity contribution in [2.45, 2.75) is 38.5 Å². The second kappa shape index (κ2) is 25.1. The van der Waals surface area contributed by atoms with E-state index in [1.54, 1.807) is 0 Å². The van der Waals surface area contributed by atoms with Gasteiger partial charge in [0.25, 0.3) is 0 Å². The highest BCUT2D eigenvalue weighted by Crippen LogP contribution is 2.43. The molecule has 0 aromatic carbocycles. The lowest BCUT2D eigenvalue weighted by atomic mass is 9.65. The summed E-state index contributed by atoms with van der Waals surface area (Å²) in [6, 6.07) is 0. The summed E-state index contributed by atoms with van der Waals surface area (Å²) >= 11 is 24.3. The lowest BCUT2D eigenvalue weighted by molar-refractivity contribution is -0.209. The quantitative estimate of drug-likeness (QED) is 0.0462. The van der Waals surface area contributed by atoms with Crippen molar-refractivity contribution < 1.29 is 57.2 Å². The number of thiol groups is 6. The third-order valence-electron chi connectivity index (χ3n) is 6.08. The highest BCUT2D eigenvalue weighted by Gasteiger charge is 2.57. The lowest BCUT2D eigenvalue weighted by Gasteiger charge is -2.47. The Morgan fingerprint density at radius 2 is 0.455 bits per heavy atom. The first kappa shape index (κ1) is 42.9. The molecule has 0 aromatic heterocycles. The fourth-order valence-corrected chi connectivity index (χ4v) is 4.56. The Balaban J connectivity index is 7.27. The number of hydrogen-bond donors (Lipinski definition) is 6. The van der Waals surface area contributed by atoms with Crippen LogP contribution in [-0.4, -0.2) is 110 Å². The van der Waals surface area contributed by atoms with Crippen LogP contribution < -0.4 is 0 Å². The SMILES string of the molecule is O=C(CCS)OCC(COC(=O)CCS)(COC(=O)CCS)C(COC(=O)CCS)(COC(=O)CCS)COC(=O)CCS. The first-order valence-electron chi connectivity index (χ1n) is 13.6. The second-order valence-corrected chi connectivity index (χ2v) is 12.0. The van der Waals surface area contributed by atoms with Gasteiger partial charge in [0.05, 0.1) is 49.4 Å². The van der Waals surface area contributed by atoms with Gasteiger partial charge in [-0.2, -0.15) is 75.8 Å². The first-order valence-corrected chi connectivity index (χ1v) is 17.4. The Hall–Kier alpha value is -1.08. The highest BCUT2D eigenvalue weighted by atomic mass is 32.1. The molecule has 0 aliphatic carbocycles. The van der Waals surface area contributed by atoms with E-state index in [-0.39, 0.29) is 73.0 Å². The van der Waals surface area contributed by atoms with Crippen LogP contribution in [0.5, 0.6) is 0 Å². The van der Waals surface area contributed by atoms with E-state index >= 15 is 0 Å². The lowest BCUT2D eigenvalue weighted by Crippen LogP contribution is -2.60. The van der Waals surface area contributed by atoms with Crippen molar-refractivity contribution in [1.82, 2.24) is 0 Å². The van der Waals surface area contributed by atoms with Gasteiger partial charge < -0.3 is 28.4 Å². The molecule has 0 aliphatic rings. The minimum Gasteiger partial charge on any atom is -0.465 e. The Labute approximate surface area is 290 Å². The molecule has 0 saturated heterocycles. The average molecular weight is 739 g/mol. The largest absolute Gasteiger partial charge is 0.465 e. The Morgan fingerprint density at radius 3 is 0.568 bits per heavy atom. The highest BCUT2D eigenvalue weighted by molar-refractivity contribution is 7.81. The maximum absolute atomic E-state index is 12.6. The van der Waals surface area contributed by atoms with Crippen LogP contribution in [0.15, 0.2) is 0 Å². The van der Waals surface area contributed by atoms with E-state index < -0.39 is 86.3 Å². The number of hydrogen-bond acceptors (Lipinski definition) is 18. The average Bonchev–Trinajstić information content (AvgIpc) is 2.98. The summed E-state index contributed by atoms with van der Waals surface area (Å²) in [5.41, 5.74) is -3.58. The van der Waals surface area contributed by atoms with Crippen molar-refractivity contribution in [3.8, 4) is 0 Å². The van der Waals surface area contributed by atoms with Gasteiger partial charge in [0.15, 0.2) is 0 Å². The molecule has 0 spiro atoms. The third kappa shape index (κ3) is 17.0. The molecular weight excluding hydrogens is 697 g/mol. The van der Waals surface area contributed by atoms with Crippen molar-refractivity contribution in [2.24, 2.45) is 10.8 Å². The Morgan fingerprint density at radius 1 is 0.318 bits per heavy atom. The van der Waals surface area contributed by atoms with Crippen molar-refractivity contribution in [3.05, 3.63) is 0 Å². The second-order valence-electron chi connectivity index (χ2n) is 9.37. The molecule has 0 saturated carbocycles. The predicted octanol–water partition coefficient (Wildman–Crippen LogP) is 2.14. The van der Waals surface area contributed by atoms with Crippen molar-refractivity contribution in [2.75, 3.05) is 74.2 Å². The summed E-state index contributed by atoms with van der Waals surface area (Å²) in [7, 11) is 0. The van der Waals surface area contributed by atoms with E-state index in [0.29, 0.717) is 0 Å². The van der Waals surface area contributed by atoms with Gasteiger partial charge >= 0.3 is 35.8 Å². The molecule has 0 N–H and O–H groups in total. The molecule has 0 fully saturated rings. The third-order valence-corrected chi connectivity index (χ3v) is 7.42. The van der Waals surface area contributed by atoms with Gasteiger partial charge in [-0.05, 0) is 0 Å². The van der Waals surface area contributed by atoms with E-state index in [1.165, 1.54) is 0 Å². The molecule has 44 heavy (non-hydrogen) atoms. The van der Waals surface area contributed by atoms with Crippen molar-refractivity contribution in [3.63, 3.8) is 0 Å². The topological polar surface area (TPSA) is 158 Å². The minimum atomic E-state index is -1.79. The molecule has 12 nitrogen and oxygen atoms in total. The summed E-state index contributed by atoms with van der Waals surface area (Å²) in [5.74, 6) is -3.32. The first-order chi connectivity index (χ1) is 21.0. The molecule has 0 atom stereocenters. The minimum absolute atomic E-state index is 0.101. The molecule has 0 bridgehead atoms. The van der Waals surface area contributed by atoms with Gasteiger partial charge in [-0.1, -0.05) is 0 Å². The molecule has 0 aliphatic heterocycles. The fraction of sp³-hybridized carbons (Fsp3) is 0.769. The van der Waals surface area contributed by atoms with Gasteiger partial charge in [-0.15, -0.1) is 0 Å². The van der Waals surface area contributed by atoms with E-state index in [4.69, 9.17) is 28.4 Å². The van der Waals surface area contributed by atoms with Gasteiger partial charge in [0.2, 0.25) is 0 Å². The van der Waals surface area contributed by atoms with Crippen LogP contribution >= 0.6 is 75.8 Å². The van der Waals surface area contributed by atoms with E-state index in [9.17, 15) is 28.8 Å². The van der Waals surface area contributed by atoms with Crippen LogP contribution in [0.25, 0.3) is 0 Å². The van der Waals surface area contributed by atoms with Crippen molar-refractivity contribution in [1.29, 1.82) is 0 Å². The van der Waals surface area contributed by atoms with Crippen LogP contribution in [0.3, 0.4) is 0 Å². The maximum atomic E-state index is 12.6. The van der Waals surface area contributed by atoms with Gasteiger partial charge in [0, 0.05) is 34.5 Å². The predicted molar refractivity (Wildman–Crippen MR) is 181 cm³/mol. The zero-order valence-electron chi connectivity index (χ0n) is 24.3. The molecular formula is C26H42O12S6. The number of ether oxygens (including phenoxy) is 6. The molecule has 0 rings (SSSR count). The van der Waals surface area contributed by atoms with E-state index in [1.807, 2.05) is 0 Å². The smallest absolute Gasteiger partial charge is 0.306 e. The Bertz CT molecular complexity index is 738. The summed E-state index contributed by atoms with van der Waals surface area (Å²) in [6.45, 7) is -3.58. The summed E-state index contributed by atoms with van der Waals surface area (Å²) < 4.78 is 33.3. The van der Waals surface area contributed by atoms with Gasteiger partial charge in [-0.3, -0.25) is 28.8 Å².